The molecule has 1 fully saturated rings. The molecule has 0 bridgehead atoms. The first kappa shape index (κ1) is 23.4. The van der Waals surface area contributed by atoms with E-state index < -0.39 is 22.0 Å². The smallest absolute Gasteiger partial charge is 0.246 e. The maximum Gasteiger partial charge on any atom is 0.246 e. The molecule has 1 aliphatic carbocycles. The third-order valence-electron chi connectivity index (χ3n) is 4.62. The highest BCUT2D eigenvalue weighted by Crippen LogP contribution is 2.26. The zero-order chi connectivity index (χ0) is 19.3. The summed E-state index contributed by atoms with van der Waals surface area (Å²) in [6.07, 6.45) is 3.21. The first-order chi connectivity index (χ1) is 12.2. The molecule has 0 aromatic heterocycles. The van der Waals surface area contributed by atoms with Crippen LogP contribution in [0.25, 0.3) is 0 Å². The lowest BCUT2D eigenvalue weighted by Gasteiger charge is -2.18. The lowest BCUT2D eigenvalue weighted by molar-refractivity contribution is -0.126. The van der Waals surface area contributed by atoms with Crippen molar-refractivity contribution in [2.45, 2.75) is 49.6 Å². The van der Waals surface area contributed by atoms with Gasteiger partial charge in [-0.05, 0) is 50.9 Å². The SMILES string of the molecule is CNS(=O)(=O)c1cccc(NC(=O)C(C)NC(=O)C[C@@H]2CCC[C@H]2N)c1.Cl. The Morgan fingerprint density at radius 1 is 1.30 bits per heavy atom. The van der Waals surface area contributed by atoms with Gasteiger partial charge in [-0.25, -0.2) is 13.1 Å². The molecule has 5 N–H and O–H groups in total. The van der Waals surface area contributed by atoms with Crippen molar-refractivity contribution in [3.05, 3.63) is 24.3 Å². The van der Waals surface area contributed by atoms with Gasteiger partial charge in [-0.2, -0.15) is 0 Å². The molecule has 1 aliphatic rings. The average molecular weight is 419 g/mol. The van der Waals surface area contributed by atoms with Crippen LogP contribution < -0.4 is 21.1 Å². The quantitative estimate of drug-likeness (QED) is 0.524. The van der Waals surface area contributed by atoms with E-state index in [4.69, 9.17) is 5.73 Å². The van der Waals surface area contributed by atoms with Crippen LogP contribution >= 0.6 is 12.4 Å². The monoisotopic (exact) mass is 418 g/mol. The number of hydrogen-bond donors (Lipinski definition) is 4. The molecule has 152 valence electrons. The number of benzene rings is 1. The number of sulfonamides is 1. The first-order valence-corrected chi connectivity index (χ1v) is 10.1. The molecule has 1 aromatic rings. The van der Waals surface area contributed by atoms with Crippen LogP contribution in [-0.4, -0.2) is 39.4 Å². The van der Waals surface area contributed by atoms with E-state index in [2.05, 4.69) is 15.4 Å². The highest BCUT2D eigenvalue weighted by molar-refractivity contribution is 7.89. The van der Waals surface area contributed by atoms with Gasteiger partial charge in [-0.3, -0.25) is 9.59 Å². The van der Waals surface area contributed by atoms with Crippen molar-refractivity contribution < 1.29 is 18.0 Å². The zero-order valence-corrected chi connectivity index (χ0v) is 17.0. The minimum Gasteiger partial charge on any atom is -0.345 e. The Balaban J connectivity index is 0.00000364. The average Bonchev–Trinajstić information content (AvgIpc) is 2.99. The summed E-state index contributed by atoms with van der Waals surface area (Å²) < 4.78 is 25.9. The largest absolute Gasteiger partial charge is 0.345 e. The standard InChI is InChI=1S/C17H26N4O4S.ClH/c1-11(20-16(22)9-12-5-3-8-15(12)18)17(23)21-13-6-4-7-14(10-13)26(24,25)19-2;/h4,6-7,10-12,15,19H,3,5,8-9,18H2,1-2H3,(H,20,22)(H,21,23);1H/t11?,12-,15+;/m0./s1. The first-order valence-electron chi connectivity index (χ1n) is 8.62. The molecule has 1 unspecified atom stereocenters. The normalized spacial score (nSPS) is 20.4. The molecule has 0 saturated heterocycles. The van der Waals surface area contributed by atoms with Gasteiger partial charge in [0.15, 0.2) is 0 Å². The molecule has 3 atom stereocenters. The summed E-state index contributed by atoms with van der Waals surface area (Å²) in [4.78, 5) is 24.4. The summed E-state index contributed by atoms with van der Waals surface area (Å²) in [7, 11) is -2.28. The third kappa shape index (κ3) is 6.46. The number of carbonyl (C=O) groups excluding carboxylic acids is 2. The van der Waals surface area contributed by atoms with Gasteiger partial charge in [-0.1, -0.05) is 12.5 Å². The predicted octanol–water partition coefficient (Wildman–Crippen LogP) is 0.977. The lowest BCUT2D eigenvalue weighted by Crippen LogP contribution is -2.43. The number of amides is 2. The van der Waals surface area contributed by atoms with Crippen LogP contribution in [0.3, 0.4) is 0 Å². The van der Waals surface area contributed by atoms with E-state index in [0.29, 0.717) is 12.1 Å². The van der Waals surface area contributed by atoms with Crippen molar-refractivity contribution in [3.63, 3.8) is 0 Å². The zero-order valence-electron chi connectivity index (χ0n) is 15.4. The van der Waals surface area contributed by atoms with E-state index in [0.717, 1.165) is 19.3 Å². The highest BCUT2D eigenvalue weighted by atomic mass is 35.5. The maximum absolute atomic E-state index is 12.3. The highest BCUT2D eigenvalue weighted by Gasteiger charge is 2.27. The van der Waals surface area contributed by atoms with Crippen LogP contribution in [0.1, 0.15) is 32.6 Å². The molecule has 27 heavy (non-hydrogen) atoms. The van der Waals surface area contributed by atoms with E-state index >= 15 is 0 Å². The van der Waals surface area contributed by atoms with Crippen molar-refractivity contribution in [2.75, 3.05) is 12.4 Å². The third-order valence-corrected chi connectivity index (χ3v) is 6.03. The molecule has 0 spiro atoms. The van der Waals surface area contributed by atoms with Gasteiger partial charge < -0.3 is 16.4 Å². The van der Waals surface area contributed by atoms with Crippen LogP contribution in [0.2, 0.25) is 0 Å². The number of hydrogen-bond acceptors (Lipinski definition) is 5. The molecule has 8 nitrogen and oxygen atoms in total. The van der Waals surface area contributed by atoms with Gasteiger partial charge in [0.25, 0.3) is 0 Å². The van der Waals surface area contributed by atoms with Gasteiger partial charge in [0.1, 0.15) is 6.04 Å². The molecule has 10 heteroatoms. The molecule has 0 aliphatic heterocycles. The van der Waals surface area contributed by atoms with Crippen LogP contribution in [-0.2, 0) is 19.6 Å². The second kappa shape index (κ2) is 10.0. The topological polar surface area (TPSA) is 130 Å². The number of nitrogens with two attached hydrogens (primary N) is 1. The van der Waals surface area contributed by atoms with Crippen molar-refractivity contribution in [2.24, 2.45) is 11.7 Å². The van der Waals surface area contributed by atoms with Gasteiger partial charge in [0, 0.05) is 18.2 Å². The molecular formula is C17H27ClN4O4S. The number of rotatable bonds is 7. The van der Waals surface area contributed by atoms with Gasteiger partial charge in [-0.15, -0.1) is 12.4 Å². The minimum atomic E-state index is -3.60. The Kier molecular flexibility index (Phi) is 8.67. The van der Waals surface area contributed by atoms with E-state index in [1.165, 1.54) is 25.2 Å². The van der Waals surface area contributed by atoms with Crippen molar-refractivity contribution >= 4 is 39.9 Å². The van der Waals surface area contributed by atoms with E-state index in [1.807, 2.05) is 0 Å². The molecule has 1 saturated carbocycles. The van der Waals surface area contributed by atoms with Gasteiger partial charge >= 0.3 is 0 Å². The summed E-state index contributed by atoms with van der Waals surface area (Å²) >= 11 is 0. The van der Waals surface area contributed by atoms with Crippen LogP contribution in [0.4, 0.5) is 5.69 Å². The summed E-state index contributed by atoms with van der Waals surface area (Å²) in [5.74, 6) is -0.469. The number of halogens is 1. The number of nitrogens with one attached hydrogen (secondary N) is 3. The Bertz CT molecular complexity index is 772. The van der Waals surface area contributed by atoms with E-state index in [1.54, 1.807) is 13.0 Å². The molecule has 2 amide bonds. The molecule has 0 heterocycles. The molecule has 2 rings (SSSR count). The van der Waals surface area contributed by atoms with Crippen molar-refractivity contribution in [1.82, 2.24) is 10.0 Å². The molecule has 1 aromatic carbocycles. The van der Waals surface area contributed by atoms with Gasteiger partial charge in [0.05, 0.1) is 4.90 Å². The van der Waals surface area contributed by atoms with Crippen LogP contribution in [0.5, 0.6) is 0 Å². The van der Waals surface area contributed by atoms with E-state index in [9.17, 15) is 18.0 Å². The maximum atomic E-state index is 12.3. The van der Waals surface area contributed by atoms with E-state index in [-0.39, 0.29) is 35.2 Å². The summed E-state index contributed by atoms with van der Waals surface area (Å²) in [5, 5.41) is 5.28. The minimum absolute atomic E-state index is 0. The Morgan fingerprint density at radius 3 is 2.59 bits per heavy atom. The fourth-order valence-corrected chi connectivity index (χ4v) is 3.81. The predicted molar refractivity (Wildman–Crippen MR) is 106 cm³/mol. The van der Waals surface area contributed by atoms with Gasteiger partial charge in [0.2, 0.25) is 21.8 Å². The Labute approximate surface area is 166 Å². The Hall–Kier alpha value is -1.68. The van der Waals surface area contributed by atoms with Crippen molar-refractivity contribution in [3.8, 4) is 0 Å². The fraction of sp³-hybridized carbons (Fsp3) is 0.529. The summed E-state index contributed by atoms with van der Waals surface area (Å²) in [6.45, 7) is 1.58. The summed E-state index contributed by atoms with van der Waals surface area (Å²) in [5.41, 5.74) is 6.31. The number of anilines is 1. The van der Waals surface area contributed by atoms with Crippen LogP contribution in [0, 0.1) is 5.92 Å². The van der Waals surface area contributed by atoms with Crippen molar-refractivity contribution in [1.29, 1.82) is 0 Å². The molecule has 0 radical (unpaired) electrons. The lowest BCUT2D eigenvalue weighted by atomic mass is 10.00. The number of carbonyl (C=O) groups is 2. The molecular weight excluding hydrogens is 392 g/mol. The fourth-order valence-electron chi connectivity index (χ4n) is 3.03. The van der Waals surface area contributed by atoms with Crippen LogP contribution in [0.15, 0.2) is 29.2 Å². The second-order valence-electron chi connectivity index (χ2n) is 6.57. The Morgan fingerprint density at radius 2 is 2.00 bits per heavy atom. The summed E-state index contributed by atoms with van der Waals surface area (Å²) in [6, 6.07) is 5.20. The second-order valence-corrected chi connectivity index (χ2v) is 8.46.